The molecule has 0 aliphatic heterocycles. The molecule has 1 aliphatic carbocycles. The molecule has 0 N–H and O–H groups in total. The summed E-state index contributed by atoms with van der Waals surface area (Å²) in [5.74, 6) is 1.83. The van der Waals surface area contributed by atoms with E-state index in [1.807, 2.05) is 54.0 Å². The van der Waals surface area contributed by atoms with Crippen LogP contribution in [0.15, 0.2) is 84.0 Å². The standard InChI is InChI=1S/C40H48N2O4S/c1-4-6-23-45-24-25-46-37-18-14-32(15-19-37)34-16-22-39(33-9-7-8-10-33)35(27-34)13-17-36(43)26-31-11-20-38(21-12-31)47(44)28-40-30(3)41-29-42(40)5-2/h11-22,27,29,33H,4-10,23-26,28H2,1-3H3/b17-13+/t47-/m1/s1. The molecule has 1 heterocycles. The Bertz CT molecular complexity index is 1650. The molecule has 0 saturated heterocycles. The molecule has 0 spiro atoms. The third-order valence-electron chi connectivity index (χ3n) is 8.99. The van der Waals surface area contributed by atoms with Gasteiger partial charge < -0.3 is 14.0 Å². The van der Waals surface area contributed by atoms with Crippen molar-refractivity contribution in [1.82, 2.24) is 9.55 Å². The van der Waals surface area contributed by atoms with Crippen molar-refractivity contribution in [3.63, 3.8) is 0 Å². The largest absolute Gasteiger partial charge is 0.491 e. The van der Waals surface area contributed by atoms with E-state index < -0.39 is 10.8 Å². The van der Waals surface area contributed by atoms with Gasteiger partial charge in [-0.3, -0.25) is 9.00 Å². The van der Waals surface area contributed by atoms with Crippen molar-refractivity contribution in [1.29, 1.82) is 0 Å². The number of carbonyl (C=O) groups is 1. The fourth-order valence-corrected chi connectivity index (χ4v) is 7.42. The number of aryl methyl sites for hydroxylation is 2. The average molecular weight is 653 g/mol. The van der Waals surface area contributed by atoms with Crippen LogP contribution in [0, 0.1) is 6.92 Å². The molecule has 248 valence electrons. The number of aromatic nitrogens is 2. The lowest BCUT2D eigenvalue weighted by atomic mass is 9.89. The van der Waals surface area contributed by atoms with E-state index in [-0.39, 0.29) is 5.78 Å². The number of benzene rings is 3. The maximum atomic E-state index is 13.1. The van der Waals surface area contributed by atoms with Crippen molar-refractivity contribution in [3.05, 3.63) is 107 Å². The van der Waals surface area contributed by atoms with Gasteiger partial charge in [0.05, 0.1) is 40.9 Å². The van der Waals surface area contributed by atoms with Gasteiger partial charge in [-0.15, -0.1) is 0 Å². The van der Waals surface area contributed by atoms with Gasteiger partial charge in [-0.05, 0) is 103 Å². The summed E-state index contributed by atoms with van der Waals surface area (Å²) in [4.78, 5) is 18.3. The van der Waals surface area contributed by atoms with Gasteiger partial charge >= 0.3 is 0 Å². The molecule has 1 aliphatic rings. The van der Waals surface area contributed by atoms with Gasteiger partial charge in [-0.2, -0.15) is 0 Å². The zero-order valence-electron chi connectivity index (χ0n) is 28.1. The minimum absolute atomic E-state index is 0.0456. The van der Waals surface area contributed by atoms with Crippen molar-refractivity contribution in [2.45, 2.75) is 88.8 Å². The zero-order valence-corrected chi connectivity index (χ0v) is 28.9. The molecule has 6 nitrogen and oxygen atoms in total. The molecule has 1 atom stereocenters. The molecule has 4 aromatic rings. The molecule has 47 heavy (non-hydrogen) atoms. The monoisotopic (exact) mass is 652 g/mol. The molecule has 1 aromatic heterocycles. The van der Waals surface area contributed by atoms with Gasteiger partial charge in [0.1, 0.15) is 12.4 Å². The number of hydrogen-bond donors (Lipinski definition) is 0. The van der Waals surface area contributed by atoms with E-state index in [1.165, 1.54) is 31.2 Å². The first-order valence-corrected chi connectivity index (χ1v) is 18.4. The maximum Gasteiger partial charge on any atom is 0.160 e. The first-order valence-electron chi connectivity index (χ1n) is 17.1. The minimum atomic E-state index is -1.18. The molecular formula is C40H48N2O4S. The first-order chi connectivity index (χ1) is 22.9. The van der Waals surface area contributed by atoms with Gasteiger partial charge in [-0.1, -0.05) is 68.7 Å². The minimum Gasteiger partial charge on any atom is -0.491 e. The molecule has 0 radical (unpaired) electrons. The lowest BCUT2D eigenvalue weighted by Gasteiger charge is -2.15. The summed E-state index contributed by atoms with van der Waals surface area (Å²) in [7, 11) is -1.18. The fourth-order valence-electron chi connectivity index (χ4n) is 6.20. The Morgan fingerprint density at radius 1 is 0.957 bits per heavy atom. The van der Waals surface area contributed by atoms with Crippen LogP contribution >= 0.6 is 0 Å². The quantitative estimate of drug-likeness (QED) is 0.0842. The molecule has 3 aromatic carbocycles. The number of ketones is 1. The second kappa shape index (κ2) is 17.4. The van der Waals surface area contributed by atoms with Crippen LogP contribution in [-0.4, -0.2) is 39.4 Å². The molecule has 1 fully saturated rings. The highest BCUT2D eigenvalue weighted by Crippen LogP contribution is 2.38. The second-order valence-corrected chi connectivity index (χ2v) is 13.8. The Morgan fingerprint density at radius 2 is 1.70 bits per heavy atom. The predicted octanol–water partition coefficient (Wildman–Crippen LogP) is 8.86. The van der Waals surface area contributed by atoms with Gasteiger partial charge in [0.2, 0.25) is 0 Å². The summed E-state index contributed by atoms with van der Waals surface area (Å²) in [6.07, 6.45) is 12.9. The number of unbranched alkanes of at least 4 members (excludes halogenated alkanes) is 1. The van der Waals surface area contributed by atoms with E-state index in [2.05, 4.69) is 49.2 Å². The van der Waals surface area contributed by atoms with Crippen LogP contribution in [0.3, 0.4) is 0 Å². The number of ether oxygens (including phenoxy) is 2. The van der Waals surface area contributed by atoms with Crippen LogP contribution in [0.25, 0.3) is 17.2 Å². The Labute approximate surface area is 282 Å². The number of allylic oxidation sites excluding steroid dienone is 1. The van der Waals surface area contributed by atoms with Crippen LogP contribution in [0.1, 0.15) is 86.4 Å². The summed E-state index contributed by atoms with van der Waals surface area (Å²) in [6, 6.07) is 22.5. The Balaban J connectivity index is 1.23. The molecule has 7 heteroatoms. The average Bonchev–Trinajstić information content (AvgIpc) is 3.76. The van der Waals surface area contributed by atoms with E-state index in [0.29, 0.717) is 31.3 Å². The molecule has 0 amide bonds. The molecule has 5 rings (SSSR count). The first kappa shape index (κ1) is 34.5. The van der Waals surface area contributed by atoms with E-state index >= 15 is 0 Å². The molecule has 1 saturated carbocycles. The third kappa shape index (κ3) is 9.61. The molecule has 0 unspecified atom stereocenters. The number of carbonyl (C=O) groups excluding carboxylic acids is 1. The van der Waals surface area contributed by atoms with Gasteiger partial charge in [0.25, 0.3) is 0 Å². The summed E-state index contributed by atoms with van der Waals surface area (Å²) in [6.45, 7) is 8.88. The lowest BCUT2D eigenvalue weighted by Crippen LogP contribution is -2.07. The predicted molar refractivity (Wildman–Crippen MR) is 191 cm³/mol. The summed E-state index contributed by atoms with van der Waals surface area (Å²) >= 11 is 0. The van der Waals surface area contributed by atoms with Crippen LogP contribution in [0.4, 0.5) is 0 Å². The third-order valence-corrected chi connectivity index (χ3v) is 10.3. The number of imidazole rings is 1. The van der Waals surface area contributed by atoms with Crippen molar-refractivity contribution < 1.29 is 18.5 Å². The van der Waals surface area contributed by atoms with E-state index in [0.717, 1.165) is 70.3 Å². The Kier molecular flexibility index (Phi) is 12.8. The summed E-state index contributed by atoms with van der Waals surface area (Å²) < 4.78 is 26.6. The maximum absolute atomic E-state index is 13.1. The zero-order chi connectivity index (χ0) is 33.0. The second-order valence-electron chi connectivity index (χ2n) is 12.3. The van der Waals surface area contributed by atoms with Crippen molar-refractivity contribution >= 4 is 22.7 Å². The topological polar surface area (TPSA) is 70.4 Å². The molecule has 0 bridgehead atoms. The van der Waals surface area contributed by atoms with Gasteiger partial charge in [-0.25, -0.2) is 4.98 Å². The van der Waals surface area contributed by atoms with E-state index in [9.17, 15) is 9.00 Å². The SMILES string of the molecule is CCCCOCCOc1ccc(-c2ccc(C3CCCC3)c(/C=C/C(=O)Cc3ccc([S@](=O)Cc4c(C)ncn4CC)cc3)c2)cc1. The smallest absolute Gasteiger partial charge is 0.160 e. The van der Waals surface area contributed by atoms with Crippen molar-refractivity contribution in [3.8, 4) is 16.9 Å². The number of rotatable bonds is 17. The highest BCUT2D eigenvalue weighted by Gasteiger charge is 2.20. The van der Waals surface area contributed by atoms with E-state index in [1.54, 1.807) is 12.4 Å². The highest BCUT2D eigenvalue weighted by molar-refractivity contribution is 7.84. The van der Waals surface area contributed by atoms with Crippen molar-refractivity contribution in [2.75, 3.05) is 19.8 Å². The molecular weight excluding hydrogens is 605 g/mol. The van der Waals surface area contributed by atoms with Gasteiger partial charge in [0.15, 0.2) is 5.78 Å². The Morgan fingerprint density at radius 3 is 2.43 bits per heavy atom. The fraction of sp³-hybridized carbons (Fsp3) is 0.400. The number of hydrogen-bond acceptors (Lipinski definition) is 5. The normalized spacial score (nSPS) is 14.2. The van der Waals surface area contributed by atoms with E-state index in [4.69, 9.17) is 9.47 Å². The van der Waals surface area contributed by atoms with Gasteiger partial charge in [0, 0.05) is 24.5 Å². The summed E-state index contributed by atoms with van der Waals surface area (Å²) in [5.41, 5.74) is 7.50. The van der Waals surface area contributed by atoms with Crippen LogP contribution < -0.4 is 4.74 Å². The van der Waals surface area contributed by atoms with Crippen LogP contribution in [0.5, 0.6) is 5.75 Å². The highest BCUT2D eigenvalue weighted by atomic mass is 32.2. The Hall–Kier alpha value is -3.81. The summed E-state index contributed by atoms with van der Waals surface area (Å²) in [5, 5.41) is 0. The number of nitrogens with zero attached hydrogens (tertiary/aromatic N) is 2. The lowest BCUT2D eigenvalue weighted by molar-refractivity contribution is -0.113. The van der Waals surface area contributed by atoms with Crippen LogP contribution in [0.2, 0.25) is 0 Å². The van der Waals surface area contributed by atoms with Crippen molar-refractivity contribution in [2.24, 2.45) is 0 Å². The van der Waals surface area contributed by atoms with Crippen LogP contribution in [-0.2, 0) is 39.0 Å².